The third kappa shape index (κ3) is 2.87. The van der Waals surface area contributed by atoms with Gasteiger partial charge in [0.15, 0.2) is 5.92 Å². The van der Waals surface area contributed by atoms with E-state index in [1.165, 1.54) is 5.56 Å². The van der Waals surface area contributed by atoms with Gasteiger partial charge in [-0.25, -0.2) is 4.98 Å². The van der Waals surface area contributed by atoms with E-state index in [2.05, 4.69) is 17.2 Å². The number of hydrogen-bond acceptors (Lipinski definition) is 4. The number of hydrogen-bond donors (Lipinski definition) is 1. The minimum absolute atomic E-state index is 0.224. The molecule has 0 fully saturated rings. The molecule has 2 atom stereocenters. The molecule has 2 unspecified atom stereocenters. The Hall–Kier alpha value is -3.15. The minimum atomic E-state index is -0.970. The maximum Gasteiger partial charge on any atom is 0.321 e. The number of aryl methyl sites for hydroxylation is 1. The summed E-state index contributed by atoms with van der Waals surface area (Å²) >= 11 is 0. The number of nitrogens with zero attached hydrogens (tertiary/aromatic N) is 2. The average Bonchev–Trinajstić information content (AvgIpc) is 3.05. The highest BCUT2D eigenvalue weighted by Crippen LogP contribution is 2.38. The smallest absolute Gasteiger partial charge is 0.321 e. The van der Waals surface area contributed by atoms with Crippen LogP contribution in [0.15, 0.2) is 48.5 Å². The van der Waals surface area contributed by atoms with Crippen molar-refractivity contribution < 1.29 is 14.3 Å². The summed E-state index contributed by atoms with van der Waals surface area (Å²) in [4.78, 5) is 30.0. The van der Waals surface area contributed by atoms with E-state index in [-0.39, 0.29) is 12.5 Å². The zero-order chi connectivity index (χ0) is 19.0. The van der Waals surface area contributed by atoms with Crippen molar-refractivity contribution >= 4 is 28.9 Å². The second kappa shape index (κ2) is 6.87. The van der Waals surface area contributed by atoms with Crippen molar-refractivity contribution in [2.24, 2.45) is 5.92 Å². The average molecular weight is 363 g/mol. The molecule has 2 aromatic carbocycles. The van der Waals surface area contributed by atoms with E-state index in [1.54, 1.807) is 6.92 Å². The number of rotatable bonds is 4. The van der Waals surface area contributed by atoms with E-state index in [4.69, 9.17) is 4.74 Å². The molecule has 1 N–H and O–H groups in total. The molecule has 1 aliphatic rings. The summed E-state index contributed by atoms with van der Waals surface area (Å²) in [5.74, 6) is -1.43. The van der Waals surface area contributed by atoms with Gasteiger partial charge >= 0.3 is 5.97 Å². The van der Waals surface area contributed by atoms with Crippen molar-refractivity contribution in [1.82, 2.24) is 9.55 Å². The molecule has 138 valence electrons. The fourth-order valence-electron chi connectivity index (χ4n) is 3.65. The highest BCUT2D eigenvalue weighted by atomic mass is 16.5. The van der Waals surface area contributed by atoms with Crippen LogP contribution in [-0.2, 0) is 20.7 Å². The summed E-state index contributed by atoms with van der Waals surface area (Å²) in [5.41, 5.74) is 3.71. The summed E-state index contributed by atoms with van der Waals surface area (Å²) < 4.78 is 7.15. The Labute approximate surface area is 157 Å². The van der Waals surface area contributed by atoms with Gasteiger partial charge in [-0.15, -0.1) is 0 Å². The van der Waals surface area contributed by atoms with Crippen LogP contribution in [0.1, 0.15) is 31.0 Å². The predicted molar refractivity (Wildman–Crippen MR) is 102 cm³/mol. The molecule has 2 heterocycles. The number of carbonyl (C=O) groups is 2. The first-order chi connectivity index (χ1) is 13.1. The number of fused-ring (bicyclic) bond motifs is 3. The first-order valence-electron chi connectivity index (χ1n) is 9.17. The Kier molecular flexibility index (Phi) is 4.39. The van der Waals surface area contributed by atoms with E-state index < -0.39 is 17.9 Å². The first-order valence-corrected chi connectivity index (χ1v) is 9.17. The number of esters is 1. The van der Waals surface area contributed by atoms with Crippen molar-refractivity contribution in [3.8, 4) is 0 Å². The predicted octanol–water partition coefficient (Wildman–Crippen LogP) is 3.32. The van der Waals surface area contributed by atoms with Gasteiger partial charge in [0.25, 0.3) is 0 Å². The molecule has 1 aromatic heterocycles. The van der Waals surface area contributed by atoms with Crippen LogP contribution in [0.5, 0.6) is 0 Å². The third-order valence-corrected chi connectivity index (χ3v) is 4.98. The van der Waals surface area contributed by atoms with Crippen molar-refractivity contribution in [3.63, 3.8) is 0 Å². The molecule has 0 bridgehead atoms. The number of amides is 1. The number of anilines is 1. The number of benzene rings is 2. The summed E-state index contributed by atoms with van der Waals surface area (Å²) in [6.07, 6.45) is 0.923. The highest BCUT2D eigenvalue weighted by molar-refractivity contribution is 6.07. The van der Waals surface area contributed by atoms with Gasteiger partial charge in [0.05, 0.1) is 23.7 Å². The van der Waals surface area contributed by atoms with Crippen LogP contribution in [0.3, 0.4) is 0 Å². The topological polar surface area (TPSA) is 73.2 Å². The fourth-order valence-corrected chi connectivity index (χ4v) is 3.65. The summed E-state index contributed by atoms with van der Waals surface area (Å²) in [6, 6.07) is 15.2. The molecule has 1 aliphatic heterocycles. The summed E-state index contributed by atoms with van der Waals surface area (Å²) in [5, 5.41) is 2.77. The van der Waals surface area contributed by atoms with Crippen LogP contribution in [0.4, 0.5) is 5.95 Å². The molecule has 0 saturated carbocycles. The standard InChI is InChI=1S/C21H21N3O3/c1-3-13-9-11-14(12-10-13)18-17(20(26)27-4-2)19(25)23-21-22-15-7-5-6-8-16(15)24(18)21/h5-12,17-18H,3-4H2,1-2H3,(H,22,23,25). The van der Waals surface area contributed by atoms with Crippen LogP contribution in [0.25, 0.3) is 11.0 Å². The van der Waals surface area contributed by atoms with E-state index in [1.807, 2.05) is 53.1 Å². The van der Waals surface area contributed by atoms with Gasteiger partial charge in [-0.05, 0) is 36.6 Å². The van der Waals surface area contributed by atoms with Crippen molar-refractivity contribution in [1.29, 1.82) is 0 Å². The second-order valence-corrected chi connectivity index (χ2v) is 6.55. The molecule has 0 spiro atoms. The Morgan fingerprint density at radius 2 is 1.89 bits per heavy atom. The van der Waals surface area contributed by atoms with E-state index in [9.17, 15) is 9.59 Å². The summed E-state index contributed by atoms with van der Waals surface area (Å²) in [7, 11) is 0. The summed E-state index contributed by atoms with van der Waals surface area (Å²) in [6.45, 7) is 4.05. The lowest BCUT2D eigenvalue weighted by Crippen LogP contribution is -2.43. The first kappa shape index (κ1) is 17.3. The van der Waals surface area contributed by atoms with E-state index in [0.29, 0.717) is 5.95 Å². The van der Waals surface area contributed by atoms with Gasteiger partial charge in [0.2, 0.25) is 11.9 Å². The van der Waals surface area contributed by atoms with Gasteiger partial charge in [-0.1, -0.05) is 43.3 Å². The van der Waals surface area contributed by atoms with Crippen LogP contribution >= 0.6 is 0 Å². The van der Waals surface area contributed by atoms with Crippen molar-refractivity contribution in [3.05, 3.63) is 59.7 Å². The lowest BCUT2D eigenvalue weighted by molar-refractivity contribution is -0.152. The zero-order valence-electron chi connectivity index (χ0n) is 15.3. The van der Waals surface area contributed by atoms with Gasteiger partial charge in [0.1, 0.15) is 0 Å². The number of para-hydroxylation sites is 2. The molecule has 0 saturated heterocycles. The van der Waals surface area contributed by atoms with Crippen LogP contribution < -0.4 is 5.32 Å². The largest absolute Gasteiger partial charge is 0.465 e. The fraction of sp³-hybridized carbons (Fsp3) is 0.286. The monoisotopic (exact) mass is 363 g/mol. The maximum absolute atomic E-state index is 12.8. The van der Waals surface area contributed by atoms with E-state index in [0.717, 1.165) is 23.0 Å². The second-order valence-electron chi connectivity index (χ2n) is 6.55. The van der Waals surface area contributed by atoms with Crippen LogP contribution in [0.2, 0.25) is 0 Å². The van der Waals surface area contributed by atoms with Crippen LogP contribution in [0, 0.1) is 5.92 Å². The molecule has 4 rings (SSSR count). The quantitative estimate of drug-likeness (QED) is 0.570. The molecule has 6 heteroatoms. The zero-order valence-corrected chi connectivity index (χ0v) is 15.3. The Balaban J connectivity index is 1.92. The normalized spacial score (nSPS) is 18.8. The molecule has 0 radical (unpaired) electrons. The van der Waals surface area contributed by atoms with Gasteiger partial charge in [-0.2, -0.15) is 0 Å². The number of aromatic nitrogens is 2. The van der Waals surface area contributed by atoms with Gasteiger partial charge in [-0.3, -0.25) is 14.9 Å². The lowest BCUT2D eigenvalue weighted by Gasteiger charge is -2.32. The molecular formula is C21H21N3O3. The highest BCUT2D eigenvalue weighted by Gasteiger charge is 2.44. The Morgan fingerprint density at radius 3 is 2.59 bits per heavy atom. The maximum atomic E-state index is 12.8. The molecule has 1 amide bonds. The van der Waals surface area contributed by atoms with E-state index >= 15 is 0 Å². The Bertz CT molecular complexity index is 1010. The third-order valence-electron chi connectivity index (χ3n) is 4.98. The molecular weight excluding hydrogens is 342 g/mol. The number of carbonyl (C=O) groups excluding carboxylic acids is 2. The number of imidazole rings is 1. The molecule has 27 heavy (non-hydrogen) atoms. The van der Waals surface area contributed by atoms with Crippen molar-refractivity contribution in [2.45, 2.75) is 26.3 Å². The van der Waals surface area contributed by atoms with Gasteiger partial charge < -0.3 is 9.30 Å². The molecule has 0 aliphatic carbocycles. The molecule has 3 aromatic rings. The lowest BCUT2D eigenvalue weighted by atomic mass is 9.89. The van der Waals surface area contributed by atoms with Gasteiger partial charge in [0, 0.05) is 0 Å². The van der Waals surface area contributed by atoms with Crippen LogP contribution in [-0.4, -0.2) is 28.0 Å². The number of nitrogens with one attached hydrogen (secondary N) is 1. The van der Waals surface area contributed by atoms with Crippen molar-refractivity contribution in [2.75, 3.05) is 11.9 Å². The minimum Gasteiger partial charge on any atom is -0.465 e. The number of ether oxygens (including phenoxy) is 1. The Morgan fingerprint density at radius 1 is 1.15 bits per heavy atom. The molecule has 6 nitrogen and oxygen atoms in total. The SMILES string of the molecule is CCOC(=O)C1C(=O)Nc2nc3ccccc3n2C1c1ccc(CC)cc1.